The van der Waals surface area contributed by atoms with Gasteiger partial charge in [-0.2, -0.15) is 0 Å². The third-order valence-electron chi connectivity index (χ3n) is 12.0. The Balaban J connectivity index is 0.000000207. The molecule has 3 nitrogen and oxygen atoms in total. The third kappa shape index (κ3) is 24.0. The lowest BCUT2D eigenvalue weighted by Crippen LogP contribution is -2.26. The van der Waals surface area contributed by atoms with Crippen molar-refractivity contribution in [1.29, 1.82) is 0 Å². The smallest absolute Gasteiger partial charge is 0.00157 e. The van der Waals surface area contributed by atoms with Gasteiger partial charge in [-0.15, -0.1) is 0 Å². The van der Waals surface area contributed by atoms with Crippen molar-refractivity contribution in [3.8, 4) is 0 Å². The summed E-state index contributed by atoms with van der Waals surface area (Å²) >= 11 is 0. The number of nitrogens with zero attached hydrogens (tertiary/aromatic N) is 3. The normalized spacial score (nSPS) is 11.0. The van der Waals surface area contributed by atoms with Gasteiger partial charge in [0.25, 0.3) is 0 Å². The Labute approximate surface area is 385 Å². The number of rotatable bonds is 27. The van der Waals surface area contributed by atoms with Crippen LogP contribution in [0.1, 0.15) is 92.7 Å². The van der Waals surface area contributed by atoms with Crippen LogP contribution in [0.2, 0.25) is 0 Å². The van der Waals surface area contributed by atoms with Crippen LogP contribution >= 0.6 is 0 Å². The van der Waals surface area contributed by atoms with E-state index in [0.29, 0.717) is 0 Å². The molecule has 0 saturated heterocycles. The van der Waals surface area contributed by atoms with E-state index < -0.39 is 0 Å². The summed E-state index contributed by atoms with van der Waals surface area (Å²) in [4.78, 5) is 7.73. The van der Waals surface area contributed by atoms with Crippen molar-refractivity contribution in [3.63, 3.8) is 0 Å². The highest BCUT2D eigenvalue weighted by Crippen LogP contribution is 2.10. The lowest BCUT2D eigenvalue weighted by Gasteiger charge is -2.20. The van der Waals surface area contributed by atoms with E-state index in [-0.39, 0.29) is 0 Å². The van der Waals surface area contributed by atoms with Gasteiger partial charge in [-0.3, -0.25) is 0 Å². The Kier molecular flexibility index (Phi) is 27.2. The van der Waals surface area contributed by atoms with Gasteiger partial charge in [0.2, 0.25) is 0 Å². The van der Waals surface area contributed by atoms with E-state index in [0.717, 1.165) is 19.6 Å². The molecule has 0 aromatic heterocycles. The van der Waals surface area contributed by atoms with E-state index in [4.69, 9.17) is 0 Å². The van der Waals surface area contributed by atoms with Crippen molar-refractivity contribution in [1.82, 2.24) is 14.7 Å². The van der Waals surface area contributed by atoms with Gasteiger partial charge < -0.3 is 14.7 Å². The van der Waals surface area contributed by atoms with Crippen LogP contribution in [-0.2, 0) is 38.5 Å². The van der Waals surface area contributed by atoms with Crippen molar-refractivity contribution < 1.29 is 0 Å². The predicted octanol–water partition coefficient (Wildman–Crippen LogP) is 13.7. The molecular formula is C60H81N3. The monoisotopic (exact) mass is 844 g/mol. The van der Waals surface area contributed by atoms with Gasteiger partial charge in [-0.1, -0.05) is 203 Å². The molecule has 0 aliphatic heterocycles. The second kappa shape index (κ2) is 33.7. The Bertz CT molecular complexity index is 1520. The van der Waals surface area contributed by atoms with Gasteiger partial charge in [0, 0.05) is 0 Å². The molecule has 0 heterocycles. The quantitative estimate of drug-likeness (QED) is 0.0511. The van der Waals surface area contributed by atoms with Gasteiger partial charge in [0.15, 0.2) is 0 Å². The summed E-state index contributed by atoms with van der Waals surface area (Å²) in [5.74, 6) is 0. The molecule has 0 aliphatic rings. The molecule has 6 aromatic rings. The fourth-order valence-electron chi connectivity index (χ4n) is 8.19. The fourth-order valence-corrected chi connectivity index (χ4v) is 8.19. The highest BCUT2D eigenvalue weighted by Gasteiger charge is 2.05. The van der Waals surface area contributed by atoms with Gasteiger partial charge in [0.05, 0.1) is 0 Å². The Morgan fingerprint density at radius 1 is 0.222 bits per heavy atom. The number of hydrogen-bond donors (Lipinski definition) is 0. The first kappa shape index (κ1) is 50.8. The van der Waals surface area contributed by atoms with E-state index in [1.165, 1.54) is 150 Å². The molecule has 0 atom stereocenters. The maximum absolute atomic E-state index is 2.58. The van der Waals surface area contributed by atoms with Crippen molar-refractivity contribution >= 4 is 0 Å². The molecular weight excluding hydrogens is 763 g/mol. The van der Waals surface area contributed by atoms with E-state index in [2.05, 4.69) is 217 Å². The first-order valence-corrected chi connectivity index (χ1v) is 24.6. The maximum atomic E-state index is 2.58. The SMILES string of the molecule is CCN(CCCc1ccccc1)CCCc1ccccc1.CCN(CCCc1ccccc1)CCCc1ccccc1.CCN(CCCc1ccccc1)CCCc1ccccc1. The molecule has 0 unspecified atom stereocenters. The van der Waals surface area contributed by atoms with Crippen molar-refractivity contribution in [2.45, 2.75) is 97.8 Å². The highest BCUT2D eigenvalue weighted by molar-refractivity contribution is 5.18. The summed E-state index contributed by atoms with van der Waals surface area (Å²) in [5.41, 5.74) is 8.74. The van der Waals surface area contributed by atoms with Crippen LogP contribution < -0.4 is 0 Å². The van der Waals surface area contributed by atoms with E-state index >= 15 is 0 Å². The zero-order chi connectivity index (χ0) is 44.3. The predicted molar refractivity (Wildman–Crippen MR) is 275 cm³/mol. The average Bonchev–Trinajstić information content (AvgIpc) is 3.35. The summed E-state index contributed by atoms with van der Waals surface area (Å²) in [6.45, 7) is 17.5. The van der Waals surface area contributed by atoms with E-state index in [1.54, 1.807) is 0 Å². The van der Waals surface area contributed by atoms with E-state index in [1.807, 2.05) is 0 Å². The van der Waals surface area contributed by atoms with E-state index in [9.17, 15) is 0 Å². The van der Waals surface area contributed by atoms with Crippen molar-refractivity contribution in [3.05, 3.63) is 215 Å². The molecule has 0 spiro atoms. The number of aryl methyl sites for hydroxylation is 6. The Morgan fingerprint density at radius 2 is 0.365 bits per heavy atom. The van der Waals surface area contributed by atoms with Crippen LogP contribution in [0.15, 0.2) is 182 Å². The molecule has 63 heavy (non-hydrogen) atoms. The molecule has 0 N–H and O–H groups in total. The van der Waals surface area contributed by atoms with Crippen LogP contribution in [0.4, 0.5) is 0 Å². The molecule has 0 amide bonds. The molecule has 0 radical (unpaired) electrons. The lowest BCUT2D eigenvalue weighted by atomic mass is 10.1. The molecule has 3 heteroatoms. The summed E-state index contributed by atoms with van der Waals surface area (Å²) in [6, 6.07) is 64.8. The zero-order valence-corrected chi connectivity index (χ0v) is 39.5. The number of benzene rings is 6. The Hall–Kier alpha value is -4.80. The molecule has 336 valence electrons. The standard InChI is InChI=1S/3C20H27N/c3*1-2-21(17-9-15-19-11-5-3-6-12-19)18-10-16-20-13-7-4-8-14-20/h3*3-8,11-14H,2,9-10,15-18H2,1H3. The maximum Gasteiger partial charge on any atom is -0.00157 e. The second-order valence-corrected chi connectivity index (χ2v) is 16.8. The summed E-state index contributed by atoms with van der Waals surface area (Å²) in [7, 11) is 0. The third-order valence-corrected chi connectivity index (χ3v) is 12.0. The van der Waals surface area contributed by atoms with Crippen LogP contribution in [0, 0.1) is 0 Å². The van der Waals surface area contributed by atoms with Crippen LogP contribution in [0.3, 0.4) is 0 Å². The van der Waals surface area contributed by atoms with Gasteiger partial charge >= 0.3 is 0 Å². The van der Waals surface area contributed by atoms with Crippen molar-refractivity contribution in [2.24, 2.45) is 0 Å². The minimum atomic E-state index is 1.16. The fraction of sp³-hybridized carbons (Fsp3) is 0.400. The molecule has 6 rings (SSSR count). The largest absolute Gasteiger partial charge is 0.304 e. The topological polar surface area (TPSA) is 9.72 Å². The Morgan fingerprint density at radius 3 is 0.492 bits per heavy atom. The zero-order valence-electron chi connectivity index (χ0n) is 39.5. The molecule has 0 bridgehead atoms. The minimum absolute atomic E-state index is 1.16. The highest BCUT2D eigenvalue weighted by atomic mass is 15.1. The van der Waals surface area contributed by atoms with Gasteiger partial charge in [0.1, 0.15) is 0 Å². The summed E-state index contributed by atoms with van der Waals surface area (Å²) in [5, 5.41) is 0. The van der Waals surface area contributed by atoms with Gasteiger partial charge in [-0.05, 0) is 169 Å². The van der Waals surface area contributed by atoms with Crippen molar-refractivity contribution in [2.75, 3.05) is 58.9 Å². The average molecular weight is 844 g/mol. The molecule has 0 saturated carbocycles. The first-order valence-electron chi connectivity index (χ1n) is 24.6. The van der Waals surface area contributed by atoms with Crippen LogP contribution in [0.5, 0.6) is 0 Å². The van der Waals surface area contributed by atoms with Gasteiger partial charge in [-0.25, -0.2) is 0 Å². The number of hydrogen-bond acceptors (Lipinski definition) is 3. The molecule has 0 fully saturated rings. The molecule has 0 aliphatic carbocycles. The molecule has 6 aromatic carbocycles. The second-order valence-electron chi connectivity index (χ2n) is 16.8. The lowest BCUT2D eigenvalue weighted by molar-refractivity contribution is 0.281. The summed E-state index contributed by atoms with van der Waals surface area (Å²) in [6.07, 6.45) is 14.7. The minimum Gasteiger partial charge on any atom is -0.304 e. The van der Waals surface area contributed by atoms with Crippen LogP contribution in [0.25, 0.3) is 0 Å². The summed E-state index contributed by atoms with van der Waals surface area (Å²) < 4.78 is 0. The first-order chi connectivity index (χ1) is 31.1. The van der Waals surface area contributed by atoms with Crippen LogP contribution in [-0.4, -0.2) is 73.6 Å².